The largest absolute Gasteiger partial charge is 0.393 e. The lowest BCUT2D eigenvalue weighted by Crippen LogP contribution is -2.06. The van der Waals surface area contributed by atoms with Crippen molar-refractivity contribution in [3.63, 3.8) is 0 Å². The molecule has 0 aliphatic carbocycles. The molecule has 0 bridgehead atoms. The van der Waals surface area contributed by atoms with E-state index in [1.54, 1.807) is 6.20 Å². The number of nitrogens with zero attached hydrogens (tertiary/aromatic N) is 1. The first kappa shape index (κ1) is 7.02. The predicted octanol–water partition coefficient (Wildman–Crippen LogP) is -0.0332. The second-order valence-electron chi connectivity index (χ2n) is 2.52. The van der Waals surface area contributed by atoms with Crippen LogP contribution < -0.4 is 0 Å². The van der Waals surface area contributed by atoms with Gasteiger partial charge in [-0.3, -0.25) is 9.59 Å². The Hall–Kier alpha value is -1.65. The maximum absolute atomic E-state index is 11.0. The van der Waals surface area contributed by atoms with Crippen LogP contribution in [0.1, 0.15) is 18.2 Å². The van der Waals surface area contributed by atoms with E-state index in [1.807, 2.05) is 0 Å². The van der Waals surface area contributed by atoms with Gasteiger partial charge in [0.05, 0.1) is 6.42 Å². The minimum Gasteiger partial charge on any atom is -0.393 e. The molecule has 0 saturated carbocycles. The van der Waals surface area contributed by atoms with Gasteiger partial charge in [0.1, 0.15) is 11.7 Å². The zero-order valence-corrected chi connectivity index (χ0v) is 6.11. The van der Waals surface area contributed by atoms with Crippen molar-refractivity contribution in [2.24, 2.45) is 0 Å². The highest BCUT2D eigenvalue weighted by Gasteiger charge is 2.36. The van der Waals surface area contributed by atoms with Gasteiger partial charge in [-0.2, -0.15) is 0 Å². The second kappa shape index (κ2) is 2.44. The summed E-state index contributed by atoms with van der Waals surface area (Å²) in [5.74, 6) is -1.05. The minimum absolute atomic E-state index is 0.0896. The van der Waals surface area contributed by atoms with E-state index in [2.05, 4.69) is 14.7 Å². The van der Waals surface area contributed by atoms with Gasteiger partial charge >= 0.3 is 11.9 Å². The predicted molar refractivity (Wildman–Crippen MR) is 37.0 cm³/mol. The van der Waals surface area contributed by atoms with Crippen LogP contribution in [-0.2, 0) is 14.3 Å². The van der Waals surface area contributed by atoms with E-state index in [-0.39, 0.29) is 6.42 Å². The molecule has 0 radical (unpaired) electrons. The summed E-state index contributed by atoms with van der Waals surface area (Å²) >= 11 is 0. The summed E-state index contributed by atoms with van der Waals surface area (Å²) in [7, 11) is 0. The van der Waals surface area contributed by atoms with Gasteiger partial charge in [0.2, 0.25) is 0 Å². The van der Waals surface area contributed by atoms with Crippen LogP contribution in [0.5, 0.6) is 0 Å². The van der Waals surface area contributed by atoms with Crippen LogP contribution in [0.3, 0.4) is 0 Å². The Morgan fingerprint density at radius 1 is 1.58 bits per heavy atom. The van der Waals surface area contributed by atoms with Gasteiger partial charge in [-0.05, 0) is 0 Å². The molecule has 12 heavy (non-hydrogen) atoms. The third kappa shape index (κ3) is 0.990. The number of nitrogens with one attached hydrogen (secondary N) is 1. The van der Waals surface area contributed by atoms with Gasteiger partial charge in [-0.15, -0.1) is 0 Å². The summed E-state index contributed by atoms with van der Waals surface area (Å²) in [6.07, 6.45) is 3.23. The highest BCUT2D eigenvalue weighted by Crippen LogP contribution is 2.24. The molecule has 2 heterocycles. The summed E-state index contributed by atoms with van der Waals surface area (Å²) in [5.41, 5.74) is 0. The Balaban J connectivity index is 2.26. The Bertz CT molecular complexity index is 317. The molecule has 0 spiro atoms. The number of imidazole rings is 1. The monoisotopic (exact) mass is 166 g/mol. The molecule has 5 nitrogen and oxygen atoms in total. The number of rotatable bonds is 1. The van der Waals surface area contributed by atoms with Crippen molar-refractivity contribution in [3.05, 3.63) is 18.2 Å². The normalized spacial score (nSPS) is 22.8. The Labute approximate surface area is 67.8 Å². The molecule has 1 saturated heterocycles. The quantitative estimate of drug-likeness (QED) is 0.469. The Kier molecular flexibility index (Phi) is 1.43. The summed E-state index contributed by atoms with van der Waals surface area (Å²) in [4.78, 5) is 28.3. The van der Waals surface area contributed by atoms with Crippen molar-refractivity contribution >= 4 is 11.9 Å². The summed E-state index contributed by atoms with van der Waals surface area (Å²) < 4.78 is 4.36. The number of esters is 2. The smallest absolute Gasteiger partial charge is 0.324 e. The molecule has 1 aliphatic rings. The highest BCUT2D eigenvalue weighted by atomic mass is 16.6. The SMILES string of the molecule is O=C1CC(c2ncc[nH]2)C(=O)O1. The van der Waals surface area contributed by atoms with Gasteiger partial charge in [0, 0.05) is 12.4 Å². The lowest BCUT2D eigenvalue weighted by atomic mass is 10.1. The van der Waals surface area contributed by atoms with E-state index < -0.39 is 17.9 Å². The number of carbonyl (C=O) groups is 2. The van der Waals surface area contributed by atoms with E-state index in [1.165, 1.54) is 6.20 Å². The number of aromatic amines is 1. The number of hydrogen-bond donors (Lipinski definition) is 1. The standard InChI is InChI=1S/C7H6N2O3/c10-5-3-4(7(11)12-5)6-8-1-2-9-6/h1-2,4H,3H2,(H,8,9). The minimum atomic E-state index is -0.535. The molecule has 2 rings (SSSR count). The van der Waals surface area contributed by atoms with Crippen LogP contribution in [0.2, 0.25) is 0 Å². The van der Waals surface area contributed by atoms with E-state index in [4.69, 9.17) is 0 Å². The fraction of sp³-hybridized carbons (Fsp3) is 0.286. The van der Waals surface area contributed by atoms with E-state index in [0.29, 0.717) is 5.82 Å². The van der Waals surface area contributed by atoms with Crippen molar-refractivity contribution in [1.82, 2.24) is 9.97 Å². The van der Waals surface area contributed by atoms with Crippen LogP contribution in [0.15, 0.2) is 12.4 Å². The van der Waals surface area contributed by atoms with Crippen LogP contribution >= 0.6 is 0 Å². The number of hydrogen-bond acceptors (Lipinski definition) is 4. The second-order valence-corrected chi connectivity index (χ2v) is 2.52. The molecule has 1 unspecified atom stereocenters. The Morgan fingerprint density at radius 3 is 2.92 bits per heavy atom. The van der Waals surface area contributed by atoms with Gasteiger partial charge in [0.15, 0.2) is 0 Å². The van der Waals surface area contributed by atoms with E-state index >= 15 is 0 Å². The van der Waals surface area contributed by atoms with Crippen molar-refractivity contribution in [2.75, 3.05) is 0 Å². The number of aromatic nitrogens is 2. The molecule has 62 valence electrons. The van der Waals surface area contributed by atoms with E-state index in [9.17, 15) is 9.59 Å². The first-order valence-corrected chi connectivity index (χ1v) is 3.51. The number of ether oxygens (including phenoxy) is 1. The maximum atomic E-state index is 11.0. The zero-order chi connectivity index (χ0) is 8.55. The van der Waals surface area contributed by atoms with Gasteiger partial charge in [0.25, 0.3) is 0 Å². The van der Waals surface area contributed by atoms with Crippen molar-refractivity contribution < 1.29 is 14.3 Å². The van der Waals surface area contributed by atoms with Crippen molar-refractivity contribution in [3.8, 4) is 0 Å². The molecular formula is C7H6N2O3. The maximum Gasteiger partial charge on any atom is 0.324 e. The Morgan fingerprint density at radius 2 is 2.42 bits per heavy atom. The third-order valence-corrected chi connectivity index (χ3v) is 1.72. The molecule has 1 fully saturated rings. The fourth-order valence-corrected chi connectivity index (χ4v) is 1.15. The molecule has 1 aliphatic heterocycles. The fourth-order valence-electron chi connectivity index (χ4n) is 1.15. The first-order valence-electron chi connectivity index (χ1n) is 3.51. The van der Waals surface area contributed by atoms with Crippen molar-refractivity contribution in [1.29, 1.82) is 0 Å². The molecule has 0 amide bonds. The number of carbonyl (C=O) groups excluding carboxylic acids is 2. The van der Waals surface area contributed by atoms with Crippen LogP contribution in [0.4, 0.5) is 0 Å². The lowest BCUT2D eigenvalue weighted by molar-refractivity contribution is -0.152. The molecule has 0 aromatic carbocycles. The van der Waals surface area contributed by atoms with Crippen LogP contribution in [-0.4, -0.2) is 21.9 Å². The summed E-state index contributed by atoms with van der Waals surface area (Å²) in [6, 6.07) is 0. The molecule has 1 aromatic rings. The number of cyclic esters (lactones) is 2. The number of H-pyrrole nitrogens is 1. The van der Waals surface area contributed by atoms with Gasteiger partial charge in [-0.25, -0.2) is 4.98 Å². The van der Waals surface area contributed by atoms with Crippen molar-refractivity contribution in [2.45, 2.75) is 12.3 Å². The topological polar surface area (TPSA) is 72.0 Å². The van der Waals surface area contributed by atoms with Crippen LogP contribution in [0.25, 0.3) is 0 Å². The molecule has 1 atom stereocenters. The average molecular weight is 166 g/mol. The molecule has 1 N–H and O–H groups in total. The summed E-state index contributed by atoms with van der Waals surface area (Å²) in [6.45, 7) is 0. The first-order chi connectivity index (χ1) is 5.77. The van der Waals surface area contributed by atoms with Gasteiger partial charge in [-0.1, -0.05) is 0 Å². The summed E-state index contributed by atoms with van der Waals surface area (Å²) in [5, 5.41) is 0. The average Bonchev–Trinajstić information content (AvgIpc) is 2.58. The van der Waals surface area contributed by atoms with E-state index in [0.717, 1.165) is 0 Å². The molecule has 5 heteroatoms. The van der Waals surface area contributed by atoms with Crippen LogP contribution in [0, 0.1) is 0 Å². The molecular weight excluding hydrogens is 160 g/mol. The lowest BCUT2D eigenvalue weighted by Gasteiger charge is -1.96. The van der Waals surface area contributed by atoms with Gasteiger partial charge < -0.3 is 9.72 Å². The zero-order valence-electron chi connectivity index (χ0n) is 6.11. The third-order valence-electron chi connectivity index (χ3n) is 1.72. The highest BCUT2D eigenvalue weighted by molar-refractivity contribution is 5.97. The molecule has 1 aromatic heterocycles.